The number of carbonyl (C=O) groups excluding carboxylic acids is 1. The molecule has 1 saturated heterocycles. The minimum atomic E-state index is -3.42. The monoisotopic (exact) mass is 397 g/mol. The number of sulfonamides is 1. The molecule has 0 atom stereocenters. The SMILES string of the molecule is CCC(CC)(CN)C(=O)NCc1ccccc1CS(=O)(=O)N1CCOCC1. The van der Waals surface area contributed by atoms with Crippen molar-refractivity contribution >= 4 is 15.9 Å². The molecule has 1 aromatic rings. The summed E-state index contributed by atoms with van der Waals surface area (Å²) in [5, 5.41) is 2.95. The van der Waals surface area contributed by atoms with E-state index in [1.165, 1.54) is 4.31 Å². The summed E-state index contributed by atoms with van der Waals surface area (Å²) < 4.78 is 32.1. The van der Waals surface area contributed by atoms with Crippen LogP contribution in [0.1, 0.15) is 37.8 Å². The summed E-state index contributed by atoms with van der Waals surface area (Å²) in [4.78, 5) is 12.6. The van der Waals surface area contributed by atoms with Gasteiger partial charge in [0.05, 0.1) is 24.4 Å². The normalized spacial score (nSPS) is 16.3. The Morgan fingerprint density at radius 2 is 1.78 bits per heavy atom. The number of rotatable bonds is 9. The lowest BCUT2D eigenvalue weighted by atomic mass is 9.81. The summed E-state index contributed by atoms with van der Waals surface area (Å²) in [6.45, 7) is 6.10. The summed E-state index contributed by atoms with van der Waals surface area (Å²) in [5.74, 6) is -0.163. The van der Waals surface area contributed by atoms with Crippen molar-refractivity contribution in [3.05, 3.63) is 35.4 Å². The van der Waals surface area contributed by atoms with Gasteiger partial charge in [0.1, 0.15) is 0 Å². The Balaban J connectivity index is 2.10. The first kappa shape index (κ1) is 21.8. The molecule has 1 amide bonds. The Labute approximate surface area is 162 Å². The van der Waals surface area contributed by atoms with Crippen LogP contribution < -0.4 is 11.1 Å². The van der Waals surface area contributed by atoms with Gasteiger partial charge < -0.3 is 15.8 Å². The molecular formula is C19H31N3O4S. The minimum absolute atomic E-state index is 0.0807. The average Bonchev–Trinajstić information content (AvgIpc) is 2.69. The molecule has 1 heterocycles. The zero-order valence-electron chi connectivity index (χ0n) is 16.2. The van der Waals surface area contributed by atoms with Crippen LogP contribution in [0.4, 0.5) is 0 Å². The largest absolute Gasteiger partial charge is 0.379 e. The van der Waals surface area contributed by atoms with Gasteiger partial charge >= 0.3 is 0 Å². The van der Waals surface area contributed by atoms with Gasteiger partial charge in [-0.1, -0.05) is 38.1 Å². The number of morpholine rings is 1. The molecule has 0 aromatic heterocycles. The molecule has 0 radical (unpaired) electrons. The maximum Gasteiger partial charge on any atom is 0.227 e. The molecule has 0 unspecified atom stereocenters. The number of hydrogen-bond donors (Lipinski definition) is 2. The second-order valence-corrected chi connectivity index (χ2v) is 8.88. The van der Waals surface area contributed by atoms with Gasteiger partial charge in [-0.15, -0.1) is 0 Å². The number of carbonyl (C=O) groups is 1. The Morgan fingerprint density at radius 1 is 1.19 bits per heavy atom. The first-order chi connectivity index (χ1) is 12.9. The third-order valence-electron chi connectivity index (χ3n) is 5.49. The second kappa shape index (κ2) is 9.64. The first-order valence-corrected chi connectivity index (χ1v) is 11.1. The van der Waals surface area contributed by atoms with Crippen molar-refractivity contribution in [1.82, 2.24) is 9.62 Å². The molecule has 8 heteroatoms. The van der Waals surface area contributed by atoms with Crippen LogP contribution in [0, 0.1) is 5.41 Å². The van der Waals surface area contributed by atoms with Crippen molar-refractivity contribution in [2.75, 3.05) is 32.8 Å². The fraction of sp³-hybridized carbons (Fsp3) is 0.632. The third-order valence-corrected chi connectivity index (χ3v) is 7.31. The predicted molar refractivity (Wildman–Crippen MR) is 105 cm³/mol. The van der Waals surface area contributed by atoms with Crippen LogP contribution >= 0.6 is 0 Å². The zero-order chi connectivity index (χ0) is 19.9. The van der Waals surface area contributed by atoms with Gasteiger partial charge in [0.15, 0.2) is 0 Å². The van der Waals surface area contributed by atoms with E-state index in [2.05, 4.69) is 5.32 Å². The van der Waals surface area contributed by atoms with Crippen molar-refractivity contribution in [1.29, 1.82) is 0 Å². The van der Waals surface area contributed by atoms with Crippen LogP contribution in [-0.4, -0.2) is 51.5 Å². The van der Waals surface area contributed by atoms with E-state index in [9.17, 15) is 13.2 Å². The maximum absolute atomic E-state index is 12.7. The fourth-order valence-electron chi connectivity index (χ4n) is 3.30. The van der Waals surface area contributed by atoms with Crippen molar-refractivity contribution in [3.8, 4) is 0 Å². The molecule has 0 bridgehead atoms. The molecule has 2 rings (SSSR count). The van der Waals surface area contributed by atoms with E-state index in [0.717, 1.165) is 5.56 Å². The summed E-state index contributed by atoms with van der Waals surface area (Å²) in [5.41, 5.74) is 6.77. The minimum Gasteiger partial charge on any atom is -0.379 e. The van der Waals surface area contributed by atoms with Crippen molar-refractivity contribution in [3.63, 3.8) is 0 Å². The number of hydrogen-bond acceptors (Lipinski definition) is 5. The zero-order valence-corrected chi connectivity index (χ0v) is 17.1. The Hall–Kier alpha value is -1.48. The lowest BCUT2D eigenvalue weighted by Crippen LogP contribution is -2.45. The lowest BCUT2D eigenvalue weighted by molar-refractivity contribution is -0.131. The fourth-order valence-corrected chi connectivity index (χ4v) is 4.86. The van der Waals surface area contributed by atoms with E-state index in [1.807, 2.05) is 32.0 Å². The lowest BCUT2D eigenvalue weighted by Gasteiger charge is -2.29. The highest BCUT2D eigenvalue weighted by molar-refractivity contribution is 7.88. The maximum atomic E-state index is 12.7. The van der Waals surface area contributed by atoms with E-state index in [-0.39, 0.29) is 18.2 Å². The molecule has 1 aromatic carbocycles. The smallest absolute Gasteiger partial charge is 0.227 e. The van der Waals surface area contributed by atoms with Gasteiger partial charge in [-0.05, 0) is 24.0 Å². The van der Waals surface area contributed by atoms with Crippen molar-refractivity contribution < 1.29 is 17.9 Å². The molecule has 3 N–H and O–H groups in total. The summed E-state index contributed by atoms with van der Waals surface area (Å²) in [6.07, 6.45) is 1.33. The van der Waals surface area contributed by atoms with E-state index in [4.69, 9.17) is 10.5 Å². The molecule has 1 aliphatic rings. The Kier molecular flexibility index (Phi) is 7.79. The first-order valence-electron chi connectivity index (χ1n) is 9.49. The van der Waals surface area contributed by atoms with Gasteiger partial charge in [-0.2, -0.15) is 4.31 Å². The molecule has 27 heavy (non-hydrogen) atoms. The number of nitrogens with two attached hydrogens (primary N) is 1. The molecule has 1 fully saturated rings. The van der Waals surface area contributed by atoms with Crippen LogP contribution in [0.25, 0.3) is 0 Å². The third kappa shape index (κ3) is 5.28. The highest BCUT2D eigenvalue weighted by Gasteiger charge is 2.33. The van der Waals surface area contributed by atoms with Crippen LogP contribution in [-0.2, 0) is 31.9 Å². The summed E-state index contributed by atoms with van der Waals surface area (Å²) in [7, 11) is -3.42. The van der Waals surface area contributed by atoms with E-state index < -0.39 is 15.4 Å². The highest BCUT2D eigenvalue weighted by atomic mass is 32.2. The molecule has 1 aliphatic heterocycles. The summed E-state index contributed by atoms with van der Waals surface area (Å²) >= 11 is 0. The van der Waals surface area contributed by atoms with E-state index >= 15 is 0 Å². The van der Waals surface area contributed by atoms with Gasteiger partial charge in [-0.3, -0.25) is 4.79 Å². The van der Waals surface area contributed by atoms with Gasteiger partial charge in [0.2, 0.25) is 15.9 Å². The number of nitrogens with one attached hydrogen (secondary N) is 1. The molecule has 0 aliphatic carbocycles. The molecular weight excluding hydrogens is 366 g/mol. The van der Waals surface area contributed by atoms with E-state index in [0.29, 0.717) is 51.3 Å². The molecule has 7 nitrogen and oxygen atoms in total. The summed E-state index contributed by atoms with van der Waals surface area (Å²) in [6, 6.07) is 7.32. The number of benzene rings is 1. The second-order valence-electron chi connectivity index (χ2n) is 6.91. The van der Waals surface area contributed by atoms with Crippen LogP contribution in [0.3, 0.4) is 0 Å². The Morgan fingerprint density at radius 3 is 2.33 bits per heavy atom. The quantitative estimate of drug-likeness (QED) is 0.653. The van der Waals surface area contributed by atoms with Crippen LogP contribution in [0.2, 0.25) is 0 Å². The number of nitrogens with zero attached hydrogens (tertiary/aromatic N) is 1. The Bertz CT molecular complexity index is 718. The van der Waals surface area contributed by atoms with Gasteiger partial charge in [-0.25, -0.2) is 8.42 Å². The molecule has 0 spiro atoms. The van der Waals surface area contributed by atoms with Crippen molar-refractivity contribution in [2.24, 2.45) is 11.1 Å². The average molecular weight is 398 g/mol. The van der Waals surface area contributed by atoms with Crippen LogP contribution in [0.15, 0.2) is 24.3 Å². The van der Waals surface area contributed by atoms with Gasteiger partial charge in [0, 0.05) is 26.2 Å². The van der Waals surface area contributed by atoms with Crippen molar-refractivity contribution in [2.45, 2.75) is 39.0 Å². The highest BCUT2D eigenvalue weighted by Crippen LogP contribution is 2.25. The topological polar surface area (TPSA) is 102 Å². The standard InChI is InChI=1S/C19H31N3O4S/c1-3-19(4-2,15-20)18(23)21-13-16-7-5-6-8-17(16)14-27(24,25)22-9-11-26-12-10-22/h5-8H,3-4,9-15,20H2,1-2H3,(H,21,23). The number of amides is 1. The van der Waals surface area contributed by atoms with E-state index in [1.54, 1.807) is 6.07 Å². The predicted octanol–water partition coefficient (Wildman–Crippen LogP) is 1.23. The van der Waals surface area contributed by atoms with Gasteiger partial charge in [0.25, 0.3) is 0 Å². The molecule has 152 valence electrons. The van der Waals surface area contributed by atoms with Crippen LogP contribution in [0.5, 0.6) is 0 Å². The molecule has 0 saturated carbocycles. The number of ether oxygens (including phenoxy) is 1.